The molecule has 0 radical (unpaired) electrons. The number of nitrogens with one attached hydrogen (secondary N) is 4. The minimum absolute atomic E-state index is 0. The molecule has 1 amide bonds. The van der Waals surface area contributed by atoms with Crippen LogP contribution in [0.2, 0.25) is 0 Å². The van der Waals surface area contributed by atoms with Gasteiger partial charge >= 0.3 is 0 Å². The molecular formula is C46H74IN14O2-. The van der Waals surface area contributed by atoms with Gasteiger partial charge in [0, 0.05) is 80.2 Å². The maximum absolute atomic E-state index is 11.0. The van der Waals surface area contributed by atoms with Crippen LogP contribution >= 0.6 is 0 Å². The standard InChI is InChI=1S/C10H12N4.C9H10N4.C9H9N3O.C8H11N3O.4C2H6.2CH4.HI/c1-11-9-5-3-4-8(6-9)10-13-12-7-14(10)2;1-13-6-11-12-9(13)7-3-2-4-8(10)5-7;1-10-8-4-2-3-7(5-8)9-12-11-6-13-9;1-10-7-4-2-3-6(5-7)8(12)11-9;4*1-2;;;/h3-7,11H,1-2H3;2-6H,10H2,1H3;2-6,10H,1H3;2-5,10H,9H2,1H3,(H,11,12);4*1-2H3;2*1H4;1H/p-1. The van der Waals surface area contributed by atoms with Crippen molar-refractivity contribution in [2.75, 3.05) is 42.8 Å². The van der Waals surface area contributed by atoms with Crippen molar-refractivity contribution in [3.8, 4) is 34.2 Å². The summed E-state index contributed by atoms with van der Waals surface area (Å²) in [5.74, 6) is 6.93. The summed E-state index contributed by atoms with van der Waals surface area (Å²) in [4.78, 5) is 11.0. The highest BCUT2D eigenvalue weighted by molar-refractivity contribution is 5.94. The largest absolute Gasteiger partial charge is 1.00 e. The maximum atomic E-state index is 11.0. The molecule has 0 aliphatic carbocycles. The first-order valence-corrected chi connectivity index (χ1v) is 19.9. The number of aromatic nitrogens is 8. The number of hydrogen-bond acceptors (Lipinski definition) is 13. The quantitative estimate of drug-likeness (QED) is 0.0310. The second kappa shape index (κ2) is 38.6. The van der Waals surface area contributed by atoms with Crippen LogP contribution in [0.25, 0.3) is 34.2 Å². The Morgan fingerprint density at radius 1 is 0.571 bits per heavy atom. The number of carbonyl (C=O) groups excluding carboxylic acids is 1. The summed E-state index contributed by atoms with van der Waals surface area (Å²) in [6.07, 6.45) is 4.68. The molecule has 0 fully saturated rings. The zero-order valence-electron chi connectivity index (χ0n) is 37.9. The molecule has 8 N–H and O–H groups in total. The lowest BCUT2D eigenvalue weighted by Crippen LogP contribution is -3.00. The Hall–Kier alpha value is -6.34. The number of rotatable bonds is 7. The number of anilines is 4. The molecule has 3 aromatic heterocycles. The highest BCUT2D eigenvalue weighted by Crippen LogP contribution is 2.21. The van der Waals surface area contributed by atoms with Gasteiger partial charge in [0.25, 0.3) is 5.91 Å². The Bertz CT molecular complexity index is 2140. The van der Waals surface area contributed by atoms with Gasteiger partial charge in [-0.1, -0.05) is 107 Å². The lowest BCUT2D eigenvalue weighted by molar-refractivity contribution is -0.0000224. The number of hydrazine groups is 1. The molecule has 0 atom stereocenters. The Morgan fingerprint density at radius 3 is 1.38 bits per heavy atom. The summed E-state index contributed by atoms with van der Waals surface area (Å²) in [7, 11) is 9.39. The third-order valence-electron chi connectivity index (χ3n) is 7.28. The number of nitrogens with two attached hydrogens (primary N) is 2. The fraction of sp³-hybridized carbons (Fsp3) is 0.326. The van der Waals surface area contributed by atoms with Crippen LogP contribution in [0.1, 0.15) is 80.6 Å². The lowest BCUT2D eigenvalue weighted by atomic mass is 10.2. The number of aryl methyl sites for hydroxylation is 2. The molecule has 0 saturated heterocycles. The zero-order chi connectivity index (χ0) is 45.3. The molecule has 0 saturated carbocycles. The minimum Gasteiger partial charge on any atom is -1.00 e. The number of carbonyl (C=O) groups is 1. The molecule has 7 aromatic rings. The Balaban J connectivity index is -0.000000344. The monoisotopic (exact) mass is 982 g/mol. The molecule has 17 heteroatoms. The Kier molecular flexibility index (Phi) is 38.8. The smallest absolute Gasteiger partial charge is 0.265 e. The van der Waals surface area contributed by atoms with E-state index in [9.17, 15) is 4.79 Å². The lowest BCUT2D eigenvalue weighted by Gasteiger charge is -2.03. The summed E-state index contributed by atoms with van der Waals surface area (Å²) < 4.78 is 8.82. The van der Waals surface area contributed by atoms with Gasteiger partial charge in [0.15, 0.2) is 11.6 Å². The molecule has 7 rings (SSSR count). The molecule has 63 heavy (non-hydrogen) atoms. The van der Waals surface area contributed by atoms with E-state index in [1.54, 1.807) is 37.9 Å². The summed E-state index contributed by atoms with van der Waals surface area (Å²) >= 11 is 0. The SMILES string of the molecule is C.C.CC.CC.CC.CC.CNc1cccc(-c2nncn2C)c1.CNc1cccc(-c2nnco2)c1.CNc1cccc(C(=O)NN)c1.Cn1cnnc1-c1cccc(N)c1.[I-]. The third-order valence-corrected chi connectivity index (χ3v) is 7.28. The fourth-order valence-electron chi connectivity index (χ4n) is 4.59. The molecule has 0 aliphatic heterocycles. The number of benzene rings is 4. The van der Waals surface area contributed by atoms with Crippen molar-refractivity contribution in [2.45, 2.75) is 70.2 Å². The second-order valence-electron chi connectivity index (χ2n) is 10.9. The summed E-state index contributed by atoms with van der Waals surface area (Å²) in [6.45, 7) is 16.0. The van der Waals surface area contributed by atoms with Crippen LogP contribution in [-0.4, -0.2) is 66.8 Å². The molecular weight excluding hydrogens is 908 g/mol. The van der Waals surface area contributed by atoms with Gasteiger partial charge in [-0.3, -0.25) is 10.2 Å². The summed E-state index contributed by atoms with van der Waals surface area (Å²) in [6, 6.07) is 30.5. The molecule has 16 nitrogen and oxygen atoms in total. The van der Waals surface area contributed by atoms with E-state index in [4.69, 9.17) is 16.0 Å². The van der Waals surface area contributed by atoms with Crippen molar-refractivity contribution in [3.05, 3.63) is 122 Å². The van der Waals surface area contributed by atoms with E-state index in [0.29, 0.717) is 11.5 Å². The van der Waals surface area contributed by atoms with Crippen LogP contribution in [0.4, 0.5) is 22.7 Å². The van der Waals surface area contributed by atoms with Crippen molar-refractivity contribution in [1.82, 2.24) is 45.2 Å². The van der Waals surface area contributed by atoms with Crippen LogP contribution in [-0.2, 0) is 14.1 Å². The van der Waals surface area contributed by atoms with Crippen molar-refractivity contribution in [2.24, 2.45) is 19.9 Å². The highest BCUT2D eigenvalue weighted by Gasteiger charge is 2.06. The second-order valence-corrected chi connectivity index (χ2v) is 10.9. The third kappa shape index (κ3) is 22.4. The average molecular weight is 982 g/mol. The average Bonchev–Trinajstić information content (AvgIpc) is 4.13. The van der Waals surface area contributed by atoms with Gasteiger partial charge in [-0.25, -0.2) is 5.84 Å². The van der Waals surface area contributed by atoms with E-state index >= 15 is 0 Å². The molecule has 0 unspecified atom stereocenters. The highest BCUT2D eigenvalue weighted by atomic mass is 127. The zero-order valence-corrected chi connectivity index (χ0v) is 40.1. The Morgan fingerprint density at radius 2 is 0.984 bits per heavy atom. The van der Waals surface area contributed by atoms with E-state index in [-0.39, 0.29) is 44.7 Å². The van der Waals surface area contributed by atoms with Gasteiger partial charge in [-0.05, 0) is 60.7 Å². The molecule has 348 valence electrons. The van der Waals surface area contributed by atoms with Crippen molar-refractivity contribution < 1.29 is 33.2 Å². The summed E-state index contributed by atoms with van der Waals surface area (Å²) in [5, 5.41) is 32.2. The fourth-order valence-corrected chi connectivity index (χ4v) is 4.59. The molecule has 0 spiro atoms. The van der Waals surface area contributed by atoms with E-state index < -0.39 is 0 Å². The number of halogens is 1. The predicted octanol–water partition coefficient (Wildman–Crippen LogP) is 7.08. The van der Waals surface area contributed by atoms with Gasteiger partial charge < -0.3 is 59.2 Å². The molecule has 3 heterocycles. The van der Waals surface area contributed by atoms with Gasteiger partial charge in [-0.2, -0.15) is 0 Å². The first-order valence-electron chi connectivity index (χ1n) is 19.9. The molecule has 4 aromatic carbocycles. The molecule has 0 aliphatic rings. The molecule has 0 bridgehead atoms. The van der Waals surface area contributed by atoms with Gasteiger partial charge in [0.2, 0.25) is 12.3 Å². The van der Waals surface area contributed by atoms with Gasteiger partial charge in [-0.15, -0.1) is 30.6 Å². The van der Waals surface area contributed by atoms with E-state index in [0.717, 1.165) is 51.1 Å². The minimum atomic E-state index is -0.285. The first kappa shape index (κ1) is 63.3. The van der Waals surface area contributed by atoms with Crippen LogP contribution in [0, 0.1) is 0 Å². The van der Waals surface area contributed by atoms with Crippen LogP contribution in [0.15, 0.2) is 121 Å². The van der Waals surface area contributed by atoms with Crippen LogP contribution in [0.5, 0.6) is 0 Å². The normalized spacial score (nSPS) is 8.54. The first-order chi connectivity index (χ1) is 29.3. The number of hydrogen-bond donors (Lipinski definition) is 6. The number of nitrogen functional groups attached to an aromatic ring is 2. The van der Waals surface area contributed by atoms with Crippen LogP contribution in [0.3, 0.4) is 0 Å². The van der Waals surface area contributed by atoms with Crippen molar-refractivity contribution in [1.29, 1.82) is 0 Å². The number of nitrogens with zero attached hydrogens (tertiary/aromatic N) is 8. The maximum Gasteiger partial charge on any atom is 0.265 e. The van der Waals surface area contributed by atoms with Gasteiger partial charge in [0.1, 0.15) is 12.7 Å². The van der Waals surface area contributed by atoms with Crippen molar-refractivity contribution >= 4 is 28.7 Å². The topological polar surface area (TPSA) is 218 Å². The summed E-state index contributed by atoms with van der Waals surface area (Å²) in [5.41, 5.74) is 15.0. The van der Waals surface area contributed by atoms with Gasteiger partial charge in [0.05, 0.1) is 0 Å². The Labute approximate surface area is 394 Å². The predicted molar refractivity (Wildman–Crippen MR) is 263 cm³/mol. The van der Waals surface area contributed by atoms with E-state index in [1.165, 1.54) is 6.39 Å². The number of amides is 1. The van der Waals surface area contributed by atoms with Crippen molar-refractivity contribution in [3.63, 3.8) is 0 Å². The van der Waals surface area contributed by atoms with E-state index in [1.807, 2.05) is 172 Å². The van der Waals surface area contributed by atoms with E-state index in [2.05, 4.69) is 52.0 Å². The van der Waals surface area contributed by atoms with Crippen LogP contribution < -0.4 is 56.9 Å².